The number of Topliss-reactive ketones (excluding diaryl/α,β-unsaturated/α-hetero) is 1. The van der Waals surface area contributed by atoms with Gasteiger partial charge in [-0.2, -0.15) is 11.8 Å². The van der Waals surface area contributed by atoms with E-state index in [1.165, 1.54) is 18.3 Å². The molecule has 5 amide bonds. The van der Waals surface area contributed by atoms with Crippen molar-refractivity contribution in [2.45, 2.75) is 114 Å². The van der Waals surface area contributed by atoms with E-state index in [0.29, 0.717) is 30.6 Å². The number of unbranched alkanes of at least 4 members (excludes halogenated alkanes) is 1. The molecule has 2 heterocycles. The normalized spacial score (nSPS) is 18.4. The van der Waals surface area contributed by atoms with Gasteiger partial charge in [-0.25, -0.2) is 4.79 Å². The van der Waals surface area contributed by atoms with Crippen LogP contribution < -0.4 is 16.0 Å². The number of esters is 1. The second kappa shape index (κ2) is 22.9. The zero-order valence-corrected chi connectivity index (χ0v) is 32.8. The summed E-state index contributed by atoms with van der Waals surface area (Å²) in [6, 6.07) is 6.46. The molecule has 2 fully saturated rings. The van der Waals surface area contributed by atoms with Crippen LogP contribution in [-0.2, 0) is 29.3 Å². The number of halogens is 1. The van der Waals surface area contributed by atoms with Crippen molar-refractivity contribution in [3.63, 3.8) is 0 Å². The van der Waals surface area contributed by atoms with E-state index in [1.54, 1.807) is 23.9 Å². The maximum atomic E-state index is 13.3. The van der Waals surface area contributed by atoms with E-state index in [1.807, 2.05) is 25.7 Å². The Morgan fingerprint density at radius 2 is 1.63 bits per heavy atom. The summed E-state index contributed by atoms with van der Waals surface area (Å²) < 4.78 is 5.16. The molecule has 2 saturated heterocycles. The summed E-state index contributed by atoms with van der Waals surface area (Å²) in [5, 5.41) is 8.43. The van der Waals surface area contributed by atoms with Crippen molar-refractivity contribution in [3.8, 4) is 0 Å². The van der Waals surface area contributed by atoms with Gasteiger partial charge in [0.1, 0.15) is 12.4 Å². The predicted octanol–water partition coefficient (Wildman–Crippen LogP) is 5.22. The van der Waals surface area contributed by atoms with E-state index < -0.39 is 5.97 Å². The number of rotatable bonds is 16. The third kappa shape index (κ3) is 14.6. The lowest BCUT2D eigenvalue weighted by Gasteiger charge is -2.22. The minimum atomic E-state index is -0.504. The fourth-order valence-electron chi connectivity index (χ4n) is 5.44. The highest BCUT2D eigenvalue weighted by Gasteiger charge is 2.50. The molecule has 0 bridgehead atoms. The fourth-order valence-corrected chi connectivity index (χ4v) is 7.03. The van der Waals surface area contributed by atoms with Crippen LogP contribution in [-0.4, -0.2) is 96.2 Å². The molecule has 11 nitrogen and oxygen atoms in total. The molecule has 0 aliphatic carbocycles. The highest BCUT2D eigenvalue weighted by atomic mass is 35.5. The van der Waals surface area contributed by atoms with Gasteiger partial charge in [0.15, 0.2) is 0 Å². The molecule has 14 heteroatoms. The summed E-state index contributed by atoms with van der Waals surface area (Å²) in [5.41, 5.74) is 1.60. The zero-order valence-electron chi connectivity index (χ0n) is 30.1. The van der Waals surface area contributed by atoms with Crippen LogP contribution in [0.2, 0.25) is 0 Å². The number of amides is 5. The Bertz CT molecular complexity index is 1250. The first kappa shape index (κ1) is 44.3. The number of nitrogens with one attached hydrogen (secondary N) is 3. The first-order valence-corrected chi connectivity index (χ1v) is 19.8. The number of nitrogens with zero attached hydrogens (tertiary/aromatic N) is 1. The SMILES string of the molecule is CCC(COC(=O)CCC(=O)NC)NC(=O)CCC(=O)CCCC[C@@H]1SC[C@H]2[C@@H]1NC(=O)N2C(=O)c1ccc(C(C)(C)C)cc1.CCl.CP. The van der Waals surface area contributed by atoms with Crippen molar-refractivity contribution >= 4 is 68.1 Å². The number of hydrogen-bond donors (Lipinski definition) is 3. The first-order chi connectivity index (χ1) is 23.3. The maximum absolute atomic E-state index is 13.3. The number of imide groups is 1. The molecule has 49 heavy (non-hydrogen) atoms. The number of fused-ring (bicyclic) bond motifs is 1. The number of carbonyl (C=O) groups excluding carboxylic acids is 6. The molecule has 3 rings (SSSR count). The summed E-state index contributed by atoms with van der Waals surface area (Å²) in [6.07, 6.45) is 4.94. The van der Waals surface area contributed by atoms with Gasteiger partial charge in [0.2, 0.25) is 11.8 Å². The molecule has 2 unspecified atom stereocenters. The minimum absolute atomic E-state index is 0.0131. The van der Waals surface area contributed by atoms with Gasteiger partial charge in [0.25, 0.3) is 5.91 Å². The van der Waals surface area contributed by atoms with Crippen LogP contribution in [0.4, 0.5) is 4.79 Å². The van der Waals surface area contributed by atoms with E-state index in [9.17, 15) is 28.8 Å². The van der Waals surface area contributed by atoms with Gasteiger partial charge in [-0.3, -0.25) is 28.9 Å². The number of ether oxygens (including phenoxy) is 1. The van der Waals surface area contributed by atoms with Gasteiger partial charge in [-0.15, -0.1) is 20.8 Å². The van der Waals surface area contributed by atoms with Crippen LogP contribution in [0.1, 0.15) is 101 Å². The van der Waals surface area contributed by atoms with Gasteiger partial charge in [0.05, 0.1) is 24.5 Å². The Hall–Kier alpha value is -2.69. The lowest BCUT2D eigenvalue weighted by Crippen LogP contribution is -2.41. The van der Waals surface area contributed by atoms with Crippen molar-refractivity contribution in [2.75, 3.05) is 32.5 Å². The molecule has 276 valence electrons. The summed E-state index contributed by atoms with van der Waals surface area (Å²) in [6.45, 7) is 10.1. The van der Waals surface area contributed by atoms with E-state index in [2.05, 4.69) is 57.6 Å². The molecular formula is C35H56ClN4O7PS. The topological polar surface area (TPSA) is 151 Å². The molecule has 1 aromatic carbocycles. The molecule has 0 saturated carbocycles. The van der Waals surface area contributed by atoms with Gasteiger partial charge < -0.3 is 20.7 Å². The van der Waals surface area contributed by atoms with E-state index in [0.717, 1.165) is 18.4 Å². The molecule has 3 N–H and O–H groups in total. The second-order valence-corrected chi connectivity index (χ2v) is 14.0. The molecule has 0 spiro atoms. The number of alkyl halides is 1. The number of ketones is 1. The zero-order chi connectivity index (χ0) is 37.1. The Kier molecular flexibility index (Phi) is 20.7. The number of hydrogen-bond acceptors (Lipinski definition) is 8. The minimum Gasteiger partial charge on any atom is -0.463 e. The molecule has 2 aliphatic heterocycles. The van der Waals surface area contributed by atoms with Crippen molar-refractivity contribution in [3.05, 3.63) is 35.4 Å². The summed E-state index contributed by atoms with van der Waals surface area (Å²) in [4.78, 5) is 75.3. The van der Waals surface area contributed by atoms with Crippen LogP contribution in [0.25, 0.3) is 0 Å². The Balaban J connectivity index is 0.00000289. The average molecular weight is 743 g/mol. The Labute approximate surface area is 303 Å². The number of carbonyl (C=O) groups is 6. The lowest BCUT2D eigenvalue weighted by molar-refractivity contribution is -0.146. The van der Waals surface area contributed by atoms with E-state index in [4.69, 9.17) is 4.74 Å². The summed E-state index contributed by atoms with van der Waals surface area (Å²) in [7, 11) is 3.91. The highest BCUT2D eigenvalue weighted by molar-refractivity contribution is 8.00. The van der Waals surface area contributed by atoms with Gasteiger partial charge in [-0.05, 0) is 42.4 Å². The number of thioether (sulfide) groups is 1. The van der Waals surface area contributed by atoms with Crippen molar-refractivity contribution in [1.82, 2.24) is 20.9 Å². The predicted molar refractivity (Wildman–Crippen MR) is 200 cm³/mol. The van der Waals surface area contributed by atoms with Crippen LogP contribution in [0.3, 0.4) is 0 Å². The third-order valence-corrected chi connectivity index (χ3v) is 9.81. The van der Waals surface area contributed by atoms with Crippen molar-refractivity contribution < 1.29 is 33.5 Å². The van der Waals surface area contributed by atoms with Gasteiger partial charge in [-0.1, -0.05) is 52.9 Å². The van der Waals surface area contributed by atoms with E-state index in [-0.39, 0.29) is 90.6 Å². The molecule has 0 aromatic heterocycles. The molecule has 0 radical (unpaired) electrons. The standard InChI is InChI=1S/C33H48N4O7S.CH3Cl.CH5P/c1-6-23(19-44-29(41)18-17-27(39)34-5)35-28(40)16-15-24(38)9-7-8-10-26-30-25(20-45-26)37(32(43)36-30)31(42)21-11-13-22(14-12-21)33(2,3)4;2*1-2/h11-14,23,25-26,30H,6-10,15-20H2,1-5H3,(H,34,39)(H,35,40)(H,36,43);1H3;2H2,1H3/t23?,25-,26-,30-;;/m0../s1. The Morgan fingerprint density at radius 1 is 1.00 bits per heavy atom. The quantitative estimate of drug-likeness (QED) is 0.0686. The lowest BCUT2D eigenvalue weighted by atomic mass is 9.86. The van der Waals surface area contributed by atoms with E-state index >= 15 is 0 Å². The van der Waals surface area contributed by atoms with Crippen LogP contribution in [0.5, 0.6) is 0 Å². The number of benzene rings is 1. The molecule has 5 atom stereocenters. The second-order valence-electron chi connectivity index (χ2n) is 12.7. The molecular weight excluding hydrogens is 687 g/mol. The van der Waals surface area contributed by atoms with Crippen LogP contribution in [0.15, 0.2) is 24.3 Å². The monoisotopic (exact) mass is 742 g/mol. The highest BCUT2D eigenvalue weighted by Crippen LogP contribution is 2.37. The summed E-state index contributed by atoms with van der Waals surface area (Å²) >= 11 is 6.39. The Morgan fingerprint density at radius 3 is 2.22 bits per heavy atom. The number of urea groups is 1. The largest absolute Gasteiger partial charge is 0.463 e. The van der Waals surface area contributed by atoms with Gasteiger partial charge >= 0.3 is 12.0 Å². The summed E-state index contributed by atoms with van der Waals surface area (Å²) in [5.74, 6) is -0.604. The van der Waals surface area contributed by atoms with Crippen LogP contribution in [0, 0.1) is 0 Å². The smallest absolute Gasteiger partial charge is 0.325 e. The average Bonchev–Trinajstić information content (AvgIpc) is 3.64. The molecule has 1 aromatic rings. The maximum Gasteiger partial charge on any atom is 0.325 e. The van der Waals surface area contributed by atoms with Gasteiger partial charge in [0, 0.05) is 55.7 Å². The van der Waals surface area contributed by atoms with Crippen molar-refractivity contribution in [2.24, 2.45) is 0 Å². The van der Waals surface area contributed by atoms with Crippen molar-refractivity contribution in [1.29, 1.82) is 0 Å². The fraction of sp³-hybridized carbons (Fsp3) is 0.657. The molecule has 2 aliphatic rings. The third-order valence-electron chi connectivity index (χ3n) is 8.32. The van der Waals surface area contributed by atoms with Crippen LogP contribution >= 0.6 is 32.6 Å². The first-order valence-electron chi connectivity index (χ1n) is 16.8.